The highest BCUT2D eigenvalue weighted by Gasteiger charge is 2.20. The molecule has 0 aromatic carbocycles. The van der Waals surface area contributed by atoms with E-state index in [1.54, 1.807) is 6.07 Å². The molecular formula is C24H29N7O. The minimum atomic E-state index is -2.28. The number of piperazine rings is 1. The highest BCUT2D eigenvalue weighted by atomic mass is 16.1. The third-order valence-electron chi connectivity index (χ3n) is 6.10. The number of aryl methyl sites for hydroxylation is 2. The first-order chi connectivity index (χ1) is 16.8. The Hall–Kier alpha value is -3.39. The number of allylic oxidation sites excluding steroid dienone is 1. The zero-order valence-corrected chi connectivity index (χ0v) is 18.2. The van der Waals surface area contributed by atoms with Gasteiger partial charge in [-0.25, -0.2) is 0 Å². The van der Waals surface area contributed by atoms with Crippen molar-refractivity contribution in [3.8, 4) is 0 Å². The van der Waals surface area contributed by atoms with Gasteiger partial charge in [0.1, 0.15) is 0 Å². The molecule has 0 bridgehead atoms. The van der Waals surface area contributed by atoms with Crippen LogP contribution in [0.15, 0.2) is 59.4 Å². The van der Waals surface area contributed by atoms with Crippen molar-refractivity contribution in [1.29, 1.82) is 0 Å². The Balaban J connectivity index is 1.22. The van der Waals surface area contributed by atoms with Gasteiger partial charge in [-0.2, -0.15) is 5.10 Å². The van der Waals surface area contributed by atoms with Crippen molar-refractivity contribution in [2.75, 3.05) is 37.6 Å². The first-order valence-corrected chi connectivity index (χ1v) is 11.0. The standard InChI is InChI=1S/C24H29N7O/c1-3-19-14-21-22(26-24(19)32)13-18(15-25-21)16-29-9-11-30(12-10-29)20-5-4-7-31(17-20)23-6-8-28(2)27-23/h4-6,8,13-15,17H,3,7,9-12,16H2,1-2H3,(H,26,32)/i2D3. The number of hydrogen-bond donors (Lipinski definition) is 1. The third-order valence-corrected chi connectivity index (χ3v) is 6.10. The van der Waals surface area contributed by atoms with Gasteiger partial charge in [0.25, 0.3) is 5.56 Å². The Morgan fingerprint density at radius 2 is 2.09 bits per heavy atom. The molecule has 1 saturated heterocycles. The van der Waals surface area contributed by atoms with Crippen molar-refractivity contribution < 1.29 is 4.11 Å². The zero-order chi connectivity index (χ0) is 24.6. The SMILES string of the molecule is [2H]C([2H])([2H])n1ccc(N2C=C(N3CCN(Cc4cnc5cc(CC)c(=O)[nH]c5c4)CC3)C=CC2)n1. The van der Waals surface area contributed by atoms with Crippen molar-refractivity contribution in [2.45, 2.75) is 19.9 Å². The van der Waals surface area contributed by atoms with Gasteiger partial charge in [-0.1, -0.05) is 13.0 Å². The largest absolute Gasteiger partial charge is 0.368 e. The Labute approximate surface area is 191 Å². The fourth-order valence-corrected chi connectivity index (χ4v) is 4.30. The van der Waals surface area contributed by atoms with Crippen LogP contribution in [0.2, 0.25) is 0 Å². The number of anilines is 1. The molecule has 0 amide bonds. The molecule has 0 atom stereocenters. The first kappa shape index (κ1) is 17.2. The number of aromatic nitrogens is 4. The molecule has 0 aliphatic carbocycles. The van der Waals surface area contributed by atoms with Crippen LogP contribution in [0.1, 0.15) is 22.2 Å². The summed E-state index contributed by atoms with van der Waals surface area (Å²) in [5, 5.41) is 4.23. The fourth-order valence-electron chi connectivity index (χ4n) is 4.30. The highest BCUT2D eigenvalue weighted by molar-refractivity contribution is 5.74. The molecule has 2 aliphatic heterocycles. The van der Waals surface area contributed by atoms with Gasteiger partial charge in [0.05, 0.1) is 16.7 Å². The van der Waals surface area contributed by atoms with Gasteiger partial charge in [-0.3, -0.25) is 19.4 Å². The van der Waals surface area contributed by atoms with E-state index in [1.807, 2.05) is 36.4 Å². The summed E-state index contributed by atoms with van der Waals surface area (Å²) in [6.45, 7) is 4.69. The number of pyridine rings is 2. The Kier molecular flexibility index (Phi) is 4.64. The lowest BCUT2D eigenvalue weighted by atomic mass is 10.1. The molecule has 0 radical (unpaired) electrons. The topological polar surface area (TPSA) is 73.3 Å². The number of hydrogen-bond acceptors (Lipinski definition) is 6. The summed E-state index contributed by atoms with van der Waals surface area (Å²) in [7, 11) is 0. The lowest BCUT2D eigenvalue weighted by Gasteiger charge is -2.38. The molecule has 3 aromatic rings. The summed E-state index contributed by atoms with van der Waals surface area (Å²) in [6, 6.07) is 5.63. The Bertz CT molecular complexity index is 1330. The smallest absolute Gasteiger partial charge is 0.251 e. The third kappa shape index (κ3) is 4.18. The molecule has 5 rings (SSSR count). The maximum Gasteiger partial charge on any atom is 0.251 e. The molecule has 0 saturated carbocycles. The quantitative estimate of drug-likeness (QED) is 0.664. The summed E-state index contributed by atoms with van der Waals surface area (Å²) in [6.07, 6.45) is 10.3. The van der Waals surface area contributed by atoms with Crippen LogP contribution in [0.3, 0.4) is 0 Å². The van der Waals surface area contributed by atoms with E-state index in [9.17, 15) is 4.79 Å². The average molecular weight is 435 g/mol. The molecule has 2 aliphatic rings. The van der Waals surface area contributed by atoms with Crippen LogP contribution in [0.4, 0.5) is 5.82 Å². The van der Waals surface area contributed by atoms with Gasteiger partial charge >= 0.3 is 0 Å². The number of nitrogens with zero attached hydrogens (tertiary/aromatic N) is 6. The molecule has 0 spiro atoms. The summed E-state index contributed by atoms with van der Waals surface area (Å²) in [5.74, 6) is 0.620. The molecular weight excluding hydrogens is 402 g/mol. The average Bonchev–Trinajstić information content (AvgIpc) is 3.35. The van der Waals surface area contributed by atoms with Crippen molar-refractivity contribution >= 4 is 16.9 Å². The van der Waals surface area contributed by atoms with Crippen LogP contribution in [0.25, 0.3) is 11.0 Å². The van der Waals surface area contributed by atoms with Crippen molar-refractivity contribution in [1.82, 2.24) is 29.5 Å². The second-order valence-corrected chi connectivity index (χ2v) is 8.24. The highest BCUT2D eigenvalue weighted by Crippen LogP contribution is 2.20. The second kappa shape index (κ2) is 8.63. The van der Waals surface area contributed by atoms with Crippen molar-refractivity contribution in [3.05, 3.63) is 76.1 Å². The van der Waals surface area contributed by atoms with Crippen LogP contribution in [-0.2, 0) is 19.9 Å². The van der Waals surface area contributed by atoms with E-state index in [2.05, 4.69) is 37.0 Å². The maximum atomic E-state index is 12.2. The van der Waals surface area contributed by atoms with E-state index in [1.165, 1.54) is 6.20 Å². The van der Waals surface area contributed by atoms with Gasteiger partial charge in [0.2, 0.25) is 0 Å². The van der Waals surface area contributed by atoms with E-state index in [0.717, 1.165) is 65.3 Å². The molecule has 166 valence electrons. The van der Waals surface area contributed by atoms with E-state index in [4.69, 9.17) is 4.11 Å². The summed E-state index contributed by atoms with van der Waals surface area (Å²) >= 11 is 0. The zero-order valence-electron chi connectivity index (χ0n) is 21.2. The normalized spacial score (nSPS) is 19.0. The molecule has 0 unspecified atom stereocenters. The number of rotatable bonds is 5. The van der Waals surface area contributed by atoms with Gasteiger partial charge in [0.15, 0.2) is 5.82 Å². The number of aromatic amines is 1. The van der Waals surface area contributed by atoms with Gasteiger partial charge in [-0.15, -0.1) is 0 Å². The van der Waals surface area contributed by atoms with Crippen LogP contribution < -0.4 is 10.5 Å². The van der Waals surface area contributed by atoms with Crippen LogP contribution in [0, 0.1) is 0 Å². The molecule has 5 heterocycles. The summed E-state index contributed by atoms with van der Waals surface area (Å²) < 4.78 is 23.6. The molecule has 1 N–H and O–H groups in total. The van der Waals surface area contributed by atoms with Crippen LogP contribution >= 0.6 is 0 Å². The maximum absolute atomic E-state index is 12.2. The van der Waals surface area contributed by atoms with E-state index in [0.29, 0.717) is 18.8 Å². The van der Waals surface area contributed by atoms with Gasteiger partial charge in [0, 0.05) is 80.6 Å². The van der Waals surface area contributed by atoms with E-state index >= 15 is 0 Å². The van der Waals surface area contributed by atoms with Crippen molar-refractivity contribution in [3.63, 3.8) is 0 Å². The minimum absolute atomic E-state index is 0.0411. The van der Waals surface area contributed by atoms with Crippen LogP contribution in [-0.4, -0.2) is 62.3 Å². The lowest BCUT2D eigenvalue weighted by Crippen LogP contribution is -2.45. The molecule has 32 heavy (non-hydrogen) atoms. The second-order valence-electron chi connectivity index (χ2n) is 8.24. The lowest BCUT2D eigenvalue weighted by molar-refractivity contribution is 0.155. The van der Waals surface area contributed by atoms with E-state index in [-0.39, 0.29) is 5.56 Å². The molecule has 8 nitrogen and oxygen atoms in total. The first-order valence-electron chi connectivity index (χ1n) is 12.5. The van der Waals surface area contributed by atoms with Crippen LogP contribution in [0.5, 0.6) is 0 Å². The molecule has 1 fully saturated rings. The predicted molar refractivity (Wildman–Crippen MR) is 126 cm³/mol. The number of H-pyrrole nitrogens is 1. The Morgan fingerprint density at radius 3 is 2.88 bits per heavy atom. The number of nitrogens with one attached hydrogen (secondary N) is 1. The molecule has 3 aromatic heterocycles. The predicted octanol–water partition coefficient (Wildman–Crippen LogP) is 2.25. The Morgan fingerprint density at radius 1 is 1.22 bits per heavy atom. The van der Waals surface area contributed by atoms with Gasteiger partial charge < -0.3 is 14.8 Å². The summed E-state index contributed by atoms with van der Waals surface area (Å²) in [4.78, 5) is 26.4. The molecule has 8 heteroatoms. The van der Waals surface area contributed by atoms with Gasteiger partial charge in [-0.05, 0) is 30.2 Å². The monoisotopic (exact) mass is 434 g/mol. The number of fused-ring (bicyclic) bond motifs is 1. The fraction of sp³-hybridized carbons (Fsp3) is 0.375. The summed E-state index contributed by atoms with van der Waals surface area (Å²) in [5.41, 5.74) is 4.49. The minimum Gasteiger partial charge on any atom is -0.368 e. The van der Waals surface area contributed by atoms with Crippen molar-refractivity contribution in [2.24, 2.45) is 6.98 Å². The van der Waals surface area contributed by atoms with E-state index < -0.39 is 6.98 Å².